The van der Waals surface area contributed by atoms with Crippen molar-refractivity contribution in [1.29, 1.82) is 0 Å². The molecule has 42 heavy (non-hydrogen) atoms. The molecule has 0 saturated carbocycles. The molecular formula is C31H37N3O8. The number of fused-ring (bicyclic) bond motifs is 1. The Labute approximate surface area is 243 Å². The van der Waals surface area contributed by atoms with E-state index in [1.165, 1.54) is 30.3 Å². The third-order valence-corrected chi connectivity index (χ3v) is 6.63. The first-order valence-corrected chi connectivity index (χ1v) is 13.6. The highest BCUT2D eigenvalue weighted by atomic mass is 16.6. The normalized spacial score (nSPS) is 13.5. The van der Waals surface area contributed by atoms with Crippen LogP contribution in [0.4, 0.5) is 4.79 Å². The van der Waals surface area contributed by atoms with Gasteiger partial charge in [-0.25, -0.2) is 9.59 Å². The maximum absolute atomic E-state index is 13.4. The summed E-state index contributed by atoms with van der Waals surface area (Å²) in [6.07, 6.45) is -0.258. The van der Waals surface area contributed by atoms with Crippen molar-refractivity contribution in [2.24, 2.45) is 5.92 Å². The van der Waals surface area contributed by atoms with Gasteiger partial charge in [0.05, 0.1) is 0 Å². The summed E-state index contributed by atoms with van der Waals surface area (Å²) in [4.78, 5) is 64.2. The van der Waals surface area contributed by atoms with Crippen molar-refractivity contribution < 1.29 is 33.4 Å². The third kappa shape index (κ3) is 8.66. The van der Waals surface area contributed by atoms with Crippen molar-refractivity contribution in [2.45, 2.75) is 72.1 Å². The van der Waals surface area contributed by atoms with Crippen molar-refractivity contribution in [2.75, 3.05) is 0 Å². The molecule has 11 nitrogen and oxygen atoms in total. The van der Waals surface area contributed by atoms with E-state index in [-0.39, 0.29) is 29.2 Å². The lowest BCUT2D eigenvalue weighted by Gasteiger charge is -2.28. The average Bonchev–Trinajstić information content (AvgIpc) is 2.90. The van der Waals surface area contributed by atoms with Gasteiger partial charge in [-0.3, -0.25) is 19.7 Å². The number of rotatable bonds is 9. The van der Waals surface area contributed by atoms with E-state index in [2.05, 4.69) is 16.0 Å². The van der Waals surface area contributed by atoms with Crippen LogP contribution < -0.4 is 21.6 Å². The van der Waals surface area contributed by atoms with Crippen LogP contribution in [0, 0.1) is 12.8 Å². The molecule has 1 aromatic heterocycles. The predicted octanol–water partition coefficient (Wildman–Crippen LogP) is 3.73. The van der Waals surface area contributed by atoms with E-state index in [1.807, 2.05) is 6.92 Å². The molecule has 0 bridgehead atoms. The predicted molar refractivity (Wildman–Crippen MR) is 156 cm³/mol. The van der Waals surface area contributed by atoms with E-state index in [0.717, 1.165) is 0 Å². The first-order valence-electron chi connectivity index (χ1n) is 13.6. The van der Waals surface area contributed by atoms with Crippen molar-refractivity contribution in [3.8, 4) is 5.75 Å². The molecule has 3 aromatic rings. The molecule has 0 fully saturated rings. The molecule has 2 aromatic carbocycles. The second-order valence-corrected chi connectivity index (χ2v) is 11.2. The van der Waals surface area contributed by atoms with Crippen LogP contribution in [0.15, 0.2) is 57.7 Å². The number of ether oxygens (including phenoxy) is 1. The number of benzene rings is 2. The summed E-state index contributed by atoms with van der Waals surface area (Å²) in [5, 5.41) is 17.9. The van der Waals surface area contributed by atoms with Crippen molar-refractivity contribution in [1.82, 2.24) is 16.0 Å². The van der Waals surface area contributed by atoms with Gasteiger partial charge in [0.25, 0.3) is 5.91 Å². The standard InChI is InChI=1S/C31H37N3O8/c1-7-17(2)26(33-30(40)42-31(4,5)6)29(39)32-23(15-19-8-11-21(35)12-9-19)28(38)34-27(37)20-10-13-22-18(3)14-25(36)41-24(22)16-20/h8-14,16-17,23,26,35H,7,15H2,1-6H3,(H,32,39)(H,33,40)(H,34,37,38)/t17-,23-,26-/m0/s1. The summed E-state index contributed by atoms with van der Waals surface area (Å²) >= 11 is 0. The molecule has 4 N–H and O–H groups in total. The zero-order valence-electron chi connectivity index (χ0n) is 24.6. The number of aryl methyl sites for hydroxylation is 1. The van der Waals surface area contributed by atoms with E-state index in [9.17, 15) is 29.1 Å². The van der Waals surface area contributed by atoms with Crippen LogP contribution in [0.25, 0.3) is 11.0 Å². The Morgan fingerprint density at radius 2 is 1.64 bits per heavy atom. The maximum Gasteiger partial charge on any atom is 0.408 e. The quantitative estimate of drug-likeness (QED) is 0.279. The monoisotopic (exact) mass is 579 g/mol. The fourth-order valence-electron chi connectivity index (χ4n) is 4.21. The van der Waals surface area contributed by atoms with E-state index < -0.39 is 47.1 Å². The Morgan fingerprint density at radius 3 is 2.26 bits per heavy atom. The molecule has 0 unspecified atom stereocenters. The van der Waals surface area contributed by atoms with Crippen LogP contribution in [0.1, 0.15) is 62.5 Å². The highest BCUT2D eigenvalue weighted by Gasteiger charge is 2.32. The first kappa shape index (κ1) is 31.9. The minimum atomic E-state index is -1.22. The number of alkyl carbamates (subject to hydrolysis) is 1. The minimum Gasteiger partial charge on any atom is -0.508 e. The lowest BCUT2D eigenvalue weighted by Crippen LogP contribution is -2.57. The number of hydrogen-bond acceptors (Lipinski definition) is 8. The van der Waals surface area contributed by atoms with Gasteiger partial charge >= 0.3 is 11.7 Å². The zero-order chi connectivity index (χ0) is 31.2. The highest BCUT2D eigenvalue weighted by molar-refractivity contribution is 6.08. The minimum absolute atomic E-state index is 0.0173. The van der Waals surface area contributed by atoms with Crippen LogP contribution in [0.3, 0.4) is 0 Å². The first-order chi connectivity index (χ1) is 19.7. The van der Waals surface area contributed by atoms with Gasteiger partial charge in [0, 0.05) is 23.4 Å². The second-order valence-electron chi connectivity index (χ2n) is 11.2. The molecule has 3 rings (SSSR count). The summed E-state index contributed by atoms with van der Waals surface area (Å²) < 4.78 is 10.5. The number of imide groups is 1. The number of hydrogen-bond donors (Lipinski definition) is 4. The highest BCUT2D eigenvalue weighted by Crippen LogP contribution is 2.19. The van der Waals surface area contributed by atoms with Crippen LogP contribution >= 0.6 is 0 Å². The molecule has 0 aliphatic rings. The largest absolute Gasteiger partial charge is 0.508 e. The Bertz CT molecular complexity index is 1520. The lowest BCUT2D eigenvalue weighted by atomic mass is 9.97. The van der Waals surface area contributed by atoms with Crippen LogP contribution in [-0.4, -0.2) is 46.6 Å². The van der Waals surface area contributed by atoms with Crippen molar-refractivity contribution in [3.05, 3.63) is 75.6 Å². The summed E-state index contributed by atoms with van der Waals surface area (Å²) in [5.74, 6) is -2.49. The zero-order valence-corrected chi connectivity index (χ0v) is 24.6. The molecular weight excluding hydrogens is 542 g/mol. The summed E-state index contributed by atoms with van der Waals surface area (Å²) in [5.41, 5.74) is 0.190. The van der Waals surface area contributed by atoms with E-state index in [1.54, 1.807) is 52.8 Å². The van der Waals surface area contributed by atoms with Gasteiger partial charge in [-0.1, -0.05) is 38.5 Å². The van der Waals surface area contributed by atoms with Gasteiger partial charge in [-0.15, -0.1) is 0 Å². The smallest absolute Gasteiger partial charge is 0.408 e. The number of nitrogens with one attached hydrogen (secondary N) is 3. The fourth-order valence-corrected chi connectivity index (χ4v) is 4.21. The summed E-state index contributed by atoms with van der Waals surface area (Å²) in [6, 6.07) is 9.61. The van der Waals surface area contributed by atoms with Gasteiger partial charge in [0.15, 0.2) is 0 Å². The molecule has 224 valence electrons. The average molecular weight is 580 g/mol. The number of carbonyl (C=O) groups excluding carboxylic acids is 4. The number of phenols is 1. The molecule has 0 saturated heterocycles. The van der Waals surface area contributed by atoms with Crippen molar-refractivity contribution >= 4 is 34.8 Å². The van der Waals surface area contributed by atoms with Gasteiger partial charge in [0.2, 0.25) is 11.8 Å². The molecule has 0 aliphatic carbocycles. The van der Waals surface area contributed by atoms with Gasteiger partial charge in [0.1, 0.15) is 29.0 Å². The van der Waals surface area contributed by atoms with Crippen molar-refractivity contribution in [3.63, 3.8) is 0 Å². The topological polar surface area (TPSA) is 164 Å². The molecule has 0 radical (unpaired) electrons. The molecule has 0 aliphatic heterocycles. The van der Waals surface area contributed by atoms with E-state index >= 15 is 0 Å². The van der Waals surface area contributed by atoms with E-state index in [0.29, 0.717) is 22.9 Å². The summed E-state index contributed by atoms with van der Waals surface area (Å²) in [7, 11) is 0. The Morgan fingerprint density at radius 1 is 0.976 bits per heavy atom. The maximum atomic E-state index is 13.4. The summed E-state index contributed by atoms with van der Waals surface area (Å²) in [6.45, 7) is 10.5. The van der Waals surface area contributed by atoms with Gasteiger partial charge < -0.3 is 24.9 Å². The Balaban J connectivity index is 1.85. The Hall–Kier alpha value is -4.67. The number of phenolic OH excluding ortho intramolecular Hbond substituents is 1. The molecule has 1 heterocycles. The number of aromatic hydroxyl groups is 1. The van der Waals surface area contributed by atoms with Crippen LogP contribution in [0.2, 0.25) is 0 Å². The third-order valence-electron chi connectivity index (χ3n) is 6.63. The lowest BCUT2D eigenvalue weighted by molar-refractivity contribution is -0.130. The number of carbonyl (C=O) groups is 4. The number of amides is 4. The Kier molecular flexibility index (Phi) is 10.1. The molecule has 3 atom stereocenters. The molecule has 0 spiro atoms. The fraction of sp³-hybridized carbons (Fsp3) is 0.387. The molecule has 4 amide bonds. The van der Waals surface area contributed by atoms with Crippen LogP contribution in [-0.2, 0) is 20.7 Å². The van der Waals surface area contributed by atoms with E-state index in [4.69, 9.17) is 9.15 Å². The van der Waals surface area contributed by atoms with Gasteiger partial charge in [-0.2, -0.15) is 0 Å². The van der Waals surface area contributed by atoms with Crippen LogP contribution in [0.5, 0.6) is 5.75 Å². The SMILES string of the molecule is CC[C@H](C)[C@H](NC(=O)OC(C)(C)C)C(=O)N[C@@H](Cc1ccc(O)cc1)C(=O)NC(=O)c1ccc2c(C)cc(=O)oc2c1. The van der Waals surface area contributed by atoms with Gasteiger partial charge in [-0.05, 0) is 69.0 Å². The molecule has 11 heteroatoms. The second kappa shape index (κ2) is 13.3.